The van der Waals surface area contributed by atoms with Crippen molar-refractivity contribution in [3.8, 4) is 5.75 Å². The first kappa shape index (κ1) is 12.9. The molecule has 100 valence electrons. The number of benzene rings is 1. The third-order valence-electron chi connectivity index (χ3n) is 2.90. The Balaban J connectivity index is 2.38. The molecule has 1 aromatic carbocycles. The summed E-state index contributed by atoms with van der Waals surface area (Å²) in [6.07, 6.45) is 0. The Labute approximate surface area is 109 Å². The van der Waals surface area contributed by atoms with Crippen molar-refractivity contribution in [2.75, 3.05) is 30.5 Å². The van der Waals surface area contributed by atoms with Crippen molar-refractivity contribution in [1.29, 1.82) is 0 Å². The molecule has 0 fully saturated rings. The maximum atomic E-state index is 11.5. The van der Waals surface area contributed by atoms with Crippen LogP contribution in [0.15, 0.2) is 18.2 Å². The van der Waals surface area contributed by atoms with E-state index in [2.05, 4.69) is 0 Å². The number of amides is 2. The Morgan fingerprint density at radius 2 is 2.11 bits per heavy atom. The molecule has 0 spiro atoms. The van der Waals surface area contributed by atoms with Gasteiger partial charge in [0.05, 0.1) is 5.69 Å². The largest absolute Gasteiger partial charge is 0.482 e. The van der Waals surface area contributed by atoms with Crippen molar-refractivity contribution in [3.63, 3.8) is 0 Å². The number of ether oxygens (including phenoxy) is 1. The van der Waals surface area contributed by atoms with Crippen LogP contribution < -0.4 is 14.5 Å². The van der Waals surface area contributed by atoms with Crippen molar-refractivity contribution >= 4 is 29.2 Å². The van der Waals surface area contributed by atoms with Gasteiger partial charge in [-0.3, -0.25) is 9.59 Å². The molecule has 1 aliphatic heterocycles. The number of likely N-dealkylation sites (N-methyl/N-ethyl adjacent to an activating group) is 2. The van der Waals surface area contributed by atoms with Gasteiger partial charge in [0.2, 0.25) is 0 Å². The Hall–Kier alpha value is -2.57. The van der Waals surface area contributed by atoms with Crippen molar-refractivity contribution in [2.45, 2.75) is 0 Å². The first-order valence-corrected chi connectivity index (χ1v) is 5.46. The molecular formula is C12H12N2O5. The number of rotatable bonds is 1. The Morgan fingerprint density at radius 1 is 1.42 bits per heavy atom. The van der Waals surface area contributed by atoms with Gasteiger partial charge in [-0.15, -0.1) is 0 Å². The molecule has 7 heteroatoms. The molecule has 0 bridgehead atoms. The van der Waals surface area contributed by atoms with Gasteiger partial charge in [-0.05, 0) is 18.2 Å². The summed E-state index contributed by atoms with van der Waals surface area (Å²) in [5.74, 6) is -2.29. The molecule has 1 aliphatic rings. The summed E-state index contributed by atoms with van der Waals surface area (Å²) in [5.41, 5.74) is 0.870. The quantitative estimate of drug-likeness (QED) is 0.726. The number of hydrogen-bond donors (Lipinski definition) is 1. The van der Waals surface area contributed by atoms with E-state index in [1.807, 2.05) is 0 Å². The molecular weight excluding hydrogens is 252 g/mol. The summed E-state index contributed by atoms with van der Waals surface area (Å²) in [7, 11) is 2.94. The van der Waals surface area contributed by atoms with Gasteiger partial charge in [0, 0.05) is 19.8 Å². The molecule has 0 unspecified atom stereocenters. The van der Waals surface area contributed by atoms with Crippen LogP contribution in [-0.4, -0.2) is 43.6 Å². The van der Waals surface area contributed by atoms with Crippen molar-refractivity contribution in [2.24, 2.45) is 0 Å². The standard InChI is InChI=1S/C12H12N2O5/c1-13(11(16)12(17)18)7-3-4-9-8(5-7)14(2)10(15)6-19-9/h3-5H,6H2,1-2H3,(H,17,18). The van der Waals surface area contributed by atoms with Gasteiger partial charge in [-0.2, -0.15) is 0 Å². The number of anilines is 2. The highest BCUT2D eigenvalue weighted by molar-refractivity contribution is 6.37. The highest BCUT2D eigenvalue weighted by atomic mass is 16.5. The van der Waals surface area contributed by atoms with Gasteiger partial charge in [-0.1, -0.05) is 0 Å². The number of carbonyl (C=O) groups is 3. The topological polar surface area (TPSA) is 87.2 Å². The Kier molecular flexibility index (Phi) is 3.12. The van der Waals surface area contributed by atoms with Gasteiger partial charge in [0.25, 0.3) is 5.91 Å². The molecule has 0 saturated carbocycles. The second-order valence-electron chi connectivity index (χ2n) is 4.06. The van der Waals surface area contributed by atoms with Crippen LogP contribution in [0.1, 0.15) is 0 Å². The molecule has 19 heavy (non-hydrogen) atoms. The van der Waals surface area contributed by atoms with Crippen LogP contribution in [0.25, 0.3) is 0 Å². The number of fused-ring (bicyclic) bond motifs is 1. The minimum Gasteiger partial charge on any atom is -0.482 e. The monoisotopic (exact) mass is 264 g/mol. The van der Waals surface area contributed by atoms with E-state index in [9.17, 15) is 14.4 Å². The minimum atomic E-state index is -1.54. The maximum absolute atomic E-state index is 11.5. The lowest BCUT2D eigenvalue weighted by atomic mass is 10.2. The molecule has 0 aliphatic carbocycles. The summed E-state index contributed by atoms with van der Waals surface area (Å²) in [6.45, 7) is -0.0350. The normalized spacial score (nSPS) is 13.6. The minimum absolute atomic E-state index is 0.0350. The van der Waals surface area contributed by atoms with Crippen LogP contribution in [0.5, 0.6) is 5.75 Å². The van der Waals surface area contributed by atoms with Crippen LogP contribution in [0.4, 0.5) is 11.4 Å². The third kappa shape index (κ3) is 2.22. The molecule has 2 amide bonds. The zero-order chi connectivity index (χ0) is 14.2. The summed E-state index contributed by atoms with van der Waals surface area (Å²) in [5, 5.41) is 8.67. The van der Waals surface area contributed by atoms with E-state index in [0.29, 0.717) is 17.1 Å². The Morgan fingerprint density at radius 3 is 2.74 bits per heavy atom. The predicted octanol–water partition coefficient (Wildman–Crippen LogP) is 0.0892. The molecule has 0 saturated heterocycles. The van der Waals surface area contributed by atoms with E-state index < -0.39 is 11.9 Å². The van der Waals surface area contributed by atoms with E-state index in [4.69, 9.17) is 9.84 Å². The van der Waals surface area contributed by atoms with Gasteiger partial charge in [0.1, 0.15) is 5.75 Å². The molecule has 0 aromatic heterocycles. The fraction of sp³-hybridized carbons (Fsp3) is 0.250. The summed E-state index contributed by atoms with van der Waals surface area (Å²) < 4.78 is 5.24. The highest BCUT2D eigenvalue weighted by Crippen LogP contribution is 2.34. The van der Waals surface area contributed by atoms with Crippen LogP contribution in [0.2, 0.25) is 0 Å². The molecule has 1 N–H and O–H groups in total. The third-order valence-corrected chi connectivity index (χ3v) is 2.90. The van der Waals surface area contributed by atoms with E-state index in [1.54, 1.807) is 19.2 Å². The van der Waals surface area contributed by atoms with Crippen molar-refractivity contribution in [1.82, 2.24) is 0 Å². The fourth-order valence-corrected chi connectivity index (χ4v) is 1.73. The van der Waals surface area contributed by atoms with E-state index >= 15 is 0 Å². The van der Waals surface area contributed by atoms with E-state index in [1.165, 1.54) is 18.0 Å². The van der Waals surface area contributed by atoms with Gasteiger partial charge >= 0.3 is 11.9 Å². The van der Waals surface area contributed by atoms with Crippen LogP contribution >= 0.6 is 0 Å². The number of carboxylic acid groups (broad SMARTS) is 1. The van der Waals surface area contributed by atoms with Crippen LogP contribution in [0, 0.1) is 0 Å². The SMILES string of the molecule is CN(C(=O)C(=O)O)c1ccc2c(c1)N(C)C(=O)CO2. The van der Waals surface area contributed by atoms with Gasteiger partial charge < -0.3 is 19.6 Å². The zero-order valence-corrected chi connectivity index (χ0v) is 10.4. The molecule has 1 heterocycles. The number of carboxylic acids is 1. The molecule has 7 nitrogen and oxygen atoms in total. The van der Waals surface area contributed by atoms with Crippen molar-refractivity contribution < 1.29 is 24.2 Å². The second-order valence-corrected chi connectivity index (χ2v) is 4.06. The smallest absolute Gasteiger partial charge is 0.394 e. The molecule has 1 aromatic rings. The second kappa shape index (κ2) is 4.60. The first-order valence-electron chi connectivity index (χ1n) is 5.46. The predicted molar refractivity (Wildman–Crippen MR) is 66.4 cm³/mol. The lowest BCUT2D eigenvalue weighted by molar-refractivity contribution is -0.148. The lowest BCUT2D eigenvalue weighted by Crippen LogP contribution is -2.36. The van der Waals surface area contributed by atoms with Gasteiger partial charge in [-0.25, -0.2) is 4.79 Å². The lowest BCUT2D eigenvalue weighted by Gasteiger charge is -2.27. The number of hydrogen-bond acceptors (Lipinski definition) is 4. The number of aliphatic carboxylic acids is 1. The molecule has 0 atom stereocenters. The van der Waals surface area contributed by atoms with Gasteiger partial charge in [0.15, 0.2) is 6.61 Å². The summed E-state index contributed by atoms with van der Waals surface area (Å²) >= 11 is 0. The average molecular weight is 264 g/mol. The van der Waals surface area contributed by atoms with E-state index in [-0.39, 0.29) is 12.5 Å². The molecule has 0 radical (unpaired) electrons. The molecule has 2 rings (SSSR count). The number of carbonyl (C=O) groups excluding carboxylic acids is 2. The summed E-state index contributed by atoms with van der Waals surface area (Å²) in [4.78, 5) is 35.9. The first-order chi connectivity index (χ1) is 8.91. The zero-order valence-electron chi connectivity index (χ0n) is 10.4. The maximum Gasteiger partial charge on any atom is 0.394 e. The van der Waals surface area contributed by atoms with Crippen molar-refractivity contribution in [3.05, 3.63) is 18.2 Å². The highest BCUT2D eigenvalue weighted by Gasteiger charge is 2.25. The van der Waals surface area contributed by atoms with Crippen LogP contribution in [0.3, 0.4) is 0 Å². The summed E-state index contributed by atoms with van der Waals surface area (Å²) in [6, 6.07) is 4.69. The number of nitrogens with zero attached hydrogens (tertiary/aromatic N) is 2. The van der Waals surface area contributed by atoms with Crippen LogP contribution in [-0.2, 0) is 14.4 Å². The average Bonchev–Trinajstić information content (AvgIpc) is 2.41. The fourth-order valence-electron chi connectivity index (χ4n) is 1.73. The Bertz CT molecular complexity index is 569. The van der Waals surface area contributed by atoms with E-state index in [0.717, 1.165) is 4.90 Å².